The number of hydrogen-bond acceptors (Lipinski definition) is 5. The fourth-order valence-corrected chi connectivity index (χ4v) is 3.78. The van der Waals surface area contributed by atoms with Gasteiger partial charge < -0.3 is 24.6 Å². The van der Waals surface area contributed by atoms with Crippen molar-refractivity contribution in [2.24, 2.45) is 4.99 Å². The average molecular weight is 553 g/mol. The highest BCUT2D eigenvalue weighted by molar-refractivity contribution is 14.0. The number of rotatable bonds is 7. The highest BCUT2D eigenvalue weighted by atomic mass is 127. The summed E-state index contributed by atoms with van der Waals surface area (Å²) in [5.74, 6) is 2.74. The Morgan fingerprint density at radius 2 is 1.81 bits per heavy atom. The standard InChI is InChI=1S/C24H35N5O2.HI/c1-6-25-24(28(4)17-20-7-10-22(30-5)11-8-20)27-14-21-9-12-23(26-13-21)29-15-18(2)31-19(3)16-29;/h7-13,18-19H,6,14-17H2,1-5H3,(H,25,27);1H. The molecular formula is C24H36IN5O2. The summed E-state index contributed by atoms with van der Waals surface area (Å²) in [6.07, 6.45) is 2.37. The van der Waals surface area contributed by atoms with E-state index in [0.717, 1.165) is 49.3 Å². The second-order valence-corrected chi connectivity index (χ2v) is 8.06. The van der Waals surface area contributed by atoms with Crippen molar-refractivity contribution in [1.82, 2.24) is 15.2 Å². The van der Waals surface area contributed by atoms with Crippen molar-refractivity contribution in [2.75, 3.05) is 38.7 Å². The van der Waals surface area contributed by atoms with Crippen LogP contribution < -0.4 is 15.0 Å². The predicted octanol–water partition coefficient (Wildman–Crippen LogP) is 3.92. The van der Waals surface area contributed by atoms with Crippen LogP contribution in [0.25, 0.3) is 0 Å². The first-order valence-corrected chi connectivity index (χ1v) is 11.0. The molecule has 7 nitrogen and oxygen atoms in total. The second kappa shape index (κ2) is 12.8. The maximum absolute atomic E-state index is 5.82. The number of halogens is 1. The van der Waals surface area contributed by atoms with Crippen LogP contribution in [0.3, 0.4) is 0 Å². The quantitative estimate of drug-likeness (QED) is 0.319. The Morgan fingerprint density at radius 1 is 1.16 bits per heavy atom. The summed E-state index contributed by atoms with van der Waals surface area (Å²) in [5, 5.41) is 3.38. The van der Waals surface area contributed by atoms with E-state index in [4.69, 9.17) is 14.5 Å². The van der Waals surface area contributed by atoms with E-state index < -0.39 is 0 Å². The van der Waals surface area contributed by atoms with Crippen molar-refractivity contribution in [2.45, 2.75) is 46.1 Å². The van der Waals surface area contributed by atoms with Gasteiger partial charge in [0.15, 0.2) is 5.96 Å². The maximum Gasteiger partial charge on any atom is 0.194 e. The second-order valence-electron chi connectivity index (χ2n) is 8.06. The average Bonchev–Trinajstić information content (AvgIpc) is 2.77. The molecule has 32 heavy (non-hydrogen) atoms. The number of ether oxygens (including phenoxy) is 2. The van der Waals surface area contributed by atoms with E-state index in [1.165, 1.54) is 5.56 Å². The molecule has 8 heteroatoms. The molecule has 0 spiro atoms. The SMILES string of the molecule is CCNC(=NCc1ccc(N2CC(C)OC(C)C2)nc1)N(C)Cc1ccc(OC)cc1.I. The van der Waals surface area contributed by atoms with Gasteiger partial charge in [-0.3, -0.25) is 0 Å². The number of aromatic nitrogens is 1. The smallest absolute Gasteiger partial charge is 0.194 e. The molecule has 0 amide bonds. The number of pyridine rings is 1. The number of nitrogens with zero attached hydrogens (tertiary/aromatic N) is 4. The first-order valence-electron chi connectivity index (χ1n) is 11.0. The minimum atomic E-state index is 0. The molecule has 2 heterocycles. The summed E-state index contributed by atoms with van der Waals surface area (Å²) in [7, 11) is 3.73. The molecule has 1 fully saturated rings. The van der Waals surface area contributed by atoms with Crippen molar-refractivity contribution in [3.8, 4) is 5.75 Å². The van der Waals surface area contributed by atoms with E-state index in [2.05, 4.69) is 65.1 Å². The zero-order valence-corrected chi connectivity index (χ0v) is 22.1. The van der Waals surface area contributed by atoms with Crippen LogP contribution in [0.1, 0.15) is 31.9 Å². The molecule has 1 aliphatic heterocycles. The molecule has 1 aromatic carbocycles. The minimum absolute atomic E-state index is 0. The molecule has 0 saturated carbocycles. The van der Waals surface area contributed by atoms with Crippen LogP contribution in [0.5, 0.6) is 5.75 Å². The van der Waals surface area contributed by atoms with E-state index in [1.807, 2.05) is 25.4 Å². The molecule has 1 saturated heterocycles. The Hall–Kier alpha value is -2.07. The Balaban J connectivity index is 0.00000363. The zero-order chi connectivity index (χ0) is 22.2. The van der Waals surface area contributed by atoms with E-state index in [9.17, 15) is 0 Å². The van der Waals surface area contributed by atoms with Crippen molar-refractivity contribution < 1.29 is 9.47 Å². The number of methoxy groups -OCH3 is 1. The van der Waals surface area contributed by atoms with Gasteiger partial charge in [0.25, 0.3) is 0 Å². The first kappa shape index (κ1) is 26.2. The summed E-state index contributed by atoms with van der Waals surface area (Å²) >= 11 is 0. The molecule has 1 aromatic heterocycles. The lowest BCUT2D eigenvalue weighted by Crippen LogP contribution is -2.45. The zero-order valence-electron chi connectivity index (χ0n) is 19.7. The first-order chi connectivity index (χ1) is 15.0. The minimum Gasteiger partial charge on any atom is -0.497 e. The Labute approximate surface area is 209 Å². The monoisotopic (exact) mass is 553 g/mol. The normalized spacial score (nSPS) is 18.7. The molecule has 0 radical (unpaired) electrons. The Kier molecular flexibility index (Phi) is 10.5. The van der Waals surface area contributed by atoms with Crippen molar-refractivity contribution in [1.29, 1.82) is 0 Å². The van der Waals surface area contributed by atoms with Gasteiger partial charge in [0.05, 0.1) is 25.9 Å². The third-order valence-corrected chi connectivity index (χ3v) is 5.24. The lowest BCUT2D eigenvalue weighted by atomic mass is 10.2. The highest BCUT2D eigenvalue weighted by Gasteiger charge is 2.22. The Morgan fingerprint density at radius 3 is 2.38 bits per heavy atom. The summed E-state index contributed by atoms with van der Waals surface area (Å²) < 4.78 is 11.1. The number of nitrogens with one attached hydrogen (secondary N) is 1. The Bertz CT molecular complexity index is 834. The molecule has 0 aliphatic carbocycles. The van der Waals surface area contributed by atoms with Crippen molar-refractivity contribution in [3.05, 3.63) is 53.7 Å². The van der Waals surface area contributed by atoms with Gasteiger partial charge in [-0.15, -0.1) is 24.0 Å². The van der Waals surface area contributed by atoms with E-state index in [0.29, 0.717) is 6.54 Å². The summed E-state index contributed by atoms with van der Waals surface area (Å²) in [4.78, 5) is 13.9. The largest absolute Gasteiger partial charge is 0.497 e. The van der Waals surface area contributed by atoms with Crippen LogP contribution >= 0.6 is 24.0 Å². The molecule has 3 rings (SSSR count). The molecular weight excluding hydrogens is 517 g/mol. The van der Waals surface area contributed by atoms with Crippen LogP contribution in [0, 0.1) is 0 Å². The summed E-state index contributed by atoms with van der Waals surface area (Å²) in [5.41, 5.74) is 2.29. The topological polar surface area (TPSA) is 62.2 Å². The van der Waals surface area contributed by atoms with Gasteiger partial charge in [-0.05, 0) is 50.1 Å². The van der Waals surface area contributed by atoms with Gasteiger partial charge in [0.2, 0.25) is 0 Å². The van der Waals surface area contributed by atoms with Crippen LogP contribution in [-0.4, -0.2) is 61.8 Å². The lowest BCUT2D eigenvalue weighted by Gasteiger charge is -2.36. The van der Waals surface area contributed by atoms with E-state index in [-0.39, 0.29) is 36.2 Å². The van der Waals surface area contributed by atoms with Gasteiger partial charge in [0, 0.05) is 39.4 Å². The van der Waals surface area contributed by atoms with Gasteiger partial charge in [-0.25, -0.2) is 9.98 Å². The number of anilines is 1. The molecule has 1 N–H and O–H groups in total. The fraction of sp³-hybridized carbons (Fsp3) is 0.500. The fourth-order valence-electron chi connectivity index (χ4n) is 3.78. The van der Waals surface area contributed by atoms with Crippen LogP contribution in [0.15, 0.2) is 47.6 Å². The van der Waals surface area contributed by atoms with Gasteiger partial charge in [-0.1, -0.05) is 18.2 Å². The van der Waals surface area contributed by atoms with E-state index in [1.54, 1.807) is 7.11 Å². The third kappa shape index (κ3) is 7.51. The predicted molar refractivity (Wildman–Crippen MR) is 141 cm³/mol. The molecule has 1 aliphatic rings. The number of hydrogen-bond donors (Lipinski definition) is 1. The molecule has 2 aromatic rings. The summed E-state index contributed by atoms with van der Waals surface area (Å²) in [6, 6.07) is 12.3. The van der Waals surface area contributed by atoms with Crippen LogP contribution in [-0.2, 0) is 17.8 Å². The summed E-state index contributed by atoms with van der Waals surface area (Å²) in [6.45, 7) is 10.2. The lowest BCUT2D eigenvalue weighted by molar-refractivity contribution is -0.00545. The van der Waals surface area contributed by atoms with Crippen molar-refractivity contribution >= 4 is 35.8 Å². The number of aliphatic imine (C=N–C) groups is 1. The molecule has 2 unspecified atom stereocenters. The van der Waals surface area contributed by atoms with Gasteiger partial charge >= 0.3 is 0 Å². The number of morpholine rings is 1. The van der Waals surface area contributed by atoms with Gasteiger partial charge in [-0.2, -0.15) is 0 Å². The maximum atomic E-state index is 5.82. The molecule has 0 bridgehead atoms. The van der Waals surface area contributed by atoms with Crippen molar-refractivity contribution in [3.63, 3.8) is 0 Å². The van der Waals surface area contributed by atoms with Gasteiger partial charge in [0.1, 0.15) is 11.6 Å². The third-order valence-electron chi connectivity index (χ3n) is 5.24. The number of benzene rings is 1. The molecule has 2 atom stereocenters. The van der Waals surface area contributed by atoms with Crippen LogP contribution in [0.2, 0.25) is 0 Å². The molecule has 176 valence electrons. The highest BCUT2D eigenvalue weighted by Crippen LogP contribution is 2.19. The van der Waals surface area contributed by atoms with Crippen LogP contribution in [0.4, 0.5) is 5.82 Å². The number of guanidine groups is 1. The van der Waals surface area contributed by atoms with E-state index >= 15 is 0 Å².